The molecule has 8 heterocycles. The van der Waals surface area contributed by atoms with Crippen LogP contribution in [-0.4, -0.2) is 9.13 Å². The number of nitrogens with zero attached hydrogens (tertiary/aromatic N) is 2. The van der Waals surface area contributed by atoms with E-state index in [1.165, 1.54) is 181 Å². The topological polar surface area (TPSA) is 9.86 Å². The van der Waals surface area contributed by atoms with E-state index >= 15 is 0 Å². The van der Waals surface area contributed by atoms with Crippen LogP contribution in [0.4, 0.5) is 0 Å². The fourth-order valence-electron chi connectivity index (χ4n) is 18.3. The van der Waals surface area contributed by atoms with Gasteiger partial charge in [0.2, 0.25) is 0 Å². The Bertz CT molecular complexity index is 5130. The van der Waals surface area contributed by atoms with Crippen LogP contribution in [0.25, 0.3) is 76.9 Å². The van der Waals surface area contributed by atoms with E-state index in [4.69, 9.17) is 0 Å². The van der Waals surface area contributed by atoms with Gasteiger partial charge in [-0.25, -0.2) is 0 Å². The van der Waals surface area contributed by atoms with Gasteiger partial charge in [0.05, 0.1) is 44.3 Å². The summed E-state index contributed by atoms with van der Waals surface area (Å²) in [6, 6.07) is 61.6. The molecule has 4 aliphatic heterocycles. The van der Waals surface area contributed by atoms with Crippen molar-refractivity contribution in [2.45, 2.75) is 129 Å². The minimum Gasteiger partial charge on any atom is -0.308 e. The number of aromatic nitrogens is 2. The second-order valence-corrected chi connectivity index (χ2v) is 29.3. The van der Waals surface area contributed by atoms with Crippen molar-refractivity contribution < 1.29 is 0 Å². The highest BCUT2D eigenvalue weighted by Gasteiger charge is 2.56. The average molecular weight is 1120 g/mol. The SMILES string of the molecule is CCC(C)c1cc2c3c(c1)C1(c4ccccc4-c4c1ccc1ccccc41)c1cc(C)c(C(C)C(C)c4cc5c6c(c4)C(c4cccs4)(c4cccs4)c4cc(C)cc7c8cc(C)cc(c8n-6c47)C5(C)C)c4c5cc(C)cc(c5n-3c14)C2(C)C. The predicted octanol–water partition coefficient (Wildman–Crippen LogP) is 21.5. The van der Waals surface area contributed by atoms with Crippen LogP contribution in [0.2, 0.25) is 0 Å². The van der Waals surface area contributed by atoms with Crippen molar-refractivity contribution in [1.82, 2.24) is 9.13 Å². The van der Waals surface area contributed by atoms with Gasteiger partial charge < -0.3 is 9.13 Å². The van der Waals surface area contributed by atoms with E-state index in [9.17, 15) is 0 Å². The van der Waals surface area contributed by atoms with E-state index in [1.54, 1.807) is 0 Å². The lowest BCUT2D eigenvalue weighted by Crippen LogP contribution is -2.38. The molecule has 4 atom stereocenters. The van der Waals surface area contributed by atoms with Gasteiger partial charge in [-0.1, -0.05) is 193 Å². The van der Waals surface area contributed by atoms with Crippen LogP contribution in [0.1, 0.15) is 184 Å². The van der Waals surface area contributed by atoms with E-state index in [2.05, 4.69) is 255 Å². The van der Waals surface area contributed by atoms with Gasteiger partial charge in [-0.2, -0.15) is 0 Å². The summed E-state index contributed by atoms with van der Waals surface area (Å²) in [6.45, 7) is 29.5. The Morgan fingerprint density at radius 2 is 0.964 bits per heavy atom. The van der Waals surface area contributed by atoms with Crippen LogP contribution in [-0.2, 0) is 21.7 Å². The molecule has 2 nitrogen and oxygen atoms in total. The molecule has 5 aliphatic rings. The molecule has 0 saturated heterocycles. The number of hydrogen-bond donors (Lipinski definition) is 0. The summed E-state index contributed by atoms with van der Waals surface area (Å²) in [5.74, 6) is 0.680. The van der Waals surface area contributed by atoms with E-state index in [1.807, 2.05) is 22.7 Å². The molecule has 9 aromatic carbocycles. The van der Waals surface area contributed by atoms with Gasteiger partial charge in [0, 0.05) is 42.1 Å². The largest absolute Gasteiger partial charge is 0.308 e. The van der Waals surface area contributed by atoms with Gasteiger partial charge in [-0.05, 0) is 193 Å². The average Bonchev–Trinajstić information content (AvgIpc) is 1.43. The minimum atomic E-state index is -0.564. The predicted molar refractivity (Wildman–Crippen MR) is 356 cm³/mol. The second kappa shape index (κ2) is 16.2. The van der Waals surface area contributed by atoms with Crippen molar-refractivity contribution in [3.63, 3.8) is 0 Å². The molecule has 0 saturated carbocycles. The third kappa shape index (κ3) is 5.58. The van der Waals surface area contributed by atoms with Crippen molar-refractivity contribution in [1.29, 1.82) is 0 Å². The summed E-state index contributed by atoms with van der Waals surface area (Å²) in [4.78, 5) is 2.77. The second-order valence-electron chi connectivity index (χ2n) is 27.5. The Balaban J connectivity index is 0.959. The zero-order chi connectivity index (χ0) is 57.2. The van der Waals surface area contributed by atoms with Gasteiger partial charge in [0.1, 0.15) is 0 Å². The highest BCUT2D eigenvalue weighted by Crippen LogP contribution is 2.67. The van der Waals surface area contributed by atoms with E-state index in [0.29, 0.717) is 5.92 Å². The Hall–Kier alpha value is -7.76. The molecule has 0 fully saturated rings. The first kappa shape index (κ1) is 49.6. The van der Waals surface area contributed by atoms with Crippen molar-refractivity contribution in [3.05, 3.63) is 267 Å². The molecule has 4 heteroatoms. The number of fused-ring (bicyclic) bond motifs is 11. The quantitative estimate of drug-likeness (QED) is 0.151. The van der Waals surface area contributed by atoms with E-state index in [0.717, 1.165) is 6.42 Å². The fraction of sp³-hybridized carbons (Fsp3) is 0.250. The van der Waals surface area contributed by atoms with Crippen LogP contribution in [0.5, 0.6) is 0 Å². The zero-order valence-electron chi connectivity index (χ0n) is 50.2. The molecule has 0 radical (unpaired) electrons. The molecular formula is C80H68N2S2. The smallest absolute Gasteiger partial charge is 0.0928 e. The normalized spacial score (nSPS) is 18.5. The summed E-state index contributed by atoms with van der Waals surface area (Å²) in [5, 5.41) is 12.8. The first-order chi connectivity index (χ1) is 40.5. The molecule has 1 spiro atoms. The van der Waals surface area contributed by atoms with Gasteiger partial charge in [-0.3, -0.25) is 0 Å². The molecule has 0 N–H and O–H groups in total. The summed E-state index contributed by atoms with van der Waals surface area (Å²) < 4.78 is 5.55. The molecule has 0 bridgehead atoms. The molecule has 0 amide bonds. The maximum atomic E-state index is 2.82. The Kier molecular flexibility index (Phi) is 9.55. The summed E-state index contributed by atoms with van der Waals surface area (Å²) in [5.41, 5.74) is 33.3. The first-order valence-electron chi connectivity index (χ1n) is 30.8. The molecular weight excluding hydrogens is 1050 g/mol. The maximum absolute atomic E-state index is 2.82. The summed E-state index contributed by atoms with van der Waals surface area (Å²) in [7, 11) is 0. The lowest BCUT2D eigenvalue weighted by molar-refractivity contribution is 0.597. The van der Waals surface area contributed by atoms with Crippen LogP contribution in [0.3, 0.4) is 0 Å². The van der Waals surface area contributed by atoms with Gasteiger partial charge >= 0.3 is 0 Å². The summed E-state index contributed by atoms with van der Waals surface area (Å²) >= 11 is 3.84. The van der Waals surface area contributed by atoms with Gasteiger partial charge in [0.25, 0.3) is 0 Å². The Morgan fingerprint density at radius 3 is 1.62 bits per heavy atom. The van der Waals surface area contributed by atoms with Crippen LogP contribution in [0, 0.1) is 27.7 Å². The van der Waals surface area contributed by atoms with Crippen molar-refractivity contribution >= 4 is 77.1 Å². The lowest BCUT2D eigenvalue weighted by Gasteiger charge is -2.45. The fourth-order valence-corrected chi connectivity index (χ4v) is 20.3. The zero-order valence-corrected chi connectivity index (χ0v) is 51.9. The number of hydrogen-bond acceptors (Lipinski definition) is 2. The van der Waals surface area contributed by atoms with Gasteiger partial charge in [-0.15, -0.1) is 22.7 Å². The Labute approximate surface area is 501 Å². The lowest BCUT2D eigenvalue weighted by atomic mass is 9.61. The summed E-state index contributed by atoms with van der Waals surface area (Å²) in [6.07, 6.45) is 1.08. The van der Waals surface area contributed by atoms with Crippen LogP contribution >= 0.6 is 22.7 Å². The van der Waals surface area contributed by atoms with Crippen LogP contribution < -0.4 is 0 Å². The van der Waals surface area contributed by atoms with Crippen molar-refractivity contribution in [2.75, 3.05) is 0 Å². The number of thiophene rings is 2. The first-order valence-corrected chi connectivity index (χ1v) is 32.6. The standard InChI is InChI=1S/C80H68N2S2/c1-13-44(5)49-37-60-74-64(38-49)79(56-23-17-16-22-52(56)69-51-21-15-14-20-48(51)26-27-57(69)79)63-36-45(6)68(70-55-32-43(4)34-59(78(60,11)12)73(55)82(74)76(63)70)47(8)46(7)50-39-61-75-65(40-50)80(66-24-18-28-83-66,67-25-19-29-84-67)62-35-42(3)31-54-53-30-41(2)33-58(77(61,9)10)71(53)81(75)72(54)62/h14-40,44,46-47H,13H2,1-12H3. The van der Waals surface area contributed by atoms with E-state index in [-0.39, 0.29) is 22.7 Å². The molecule has 13 aromatic rings. The van der Waals surface area contributed by atoms with Gasteiger partial charge in [0.15, 0.2) is 0 Å². The molecule has 18 rings (SSSR count). The number of aryl methyl sites for hydroxylation is 4. The third-order valence-electron chi connectivity index (χ3n) is 22.4. The molecule has 4 unspecified atom stereocenters. The molecule has 84 heavy (non-hydrogen) atoms. The third-order valence-corrected chi connectivity index (χ3v) is 24.4. The Morgan fingerprint density at radius 1 is 0.429 bits per heavy atom. The molecule has 1 aliphatic carbocycles. The molecule has 4 aromatic heterocycles. The highest BCUT2D eigenvalue weighted by atomic mass is 32.1. The number of benzene rings is 9. The van der Waals surface area contributed by atoms with Crippen LogP contribution in [0.15, 0.2) is 162 Å². The minimum absolute atomic E-state index is 0.139. The highest BCUT2D eigenvalue weighted by molar-refractivity contribution is 7.12. The maximum Gasteiger partial charge on any atom is 0.0928 e. The monoisotopic (exact) mass is 1120 g/mol. The van der Waals surface area contributed by atoms with Crippen molar-refractivity contribution in [3.8, 4) is 22.5 Å². The van der Waals surface area contributed by atoms with E-state index < -0.39 is 10.8 Å². The molecule has 410 valence electrons. The van der Waals surface area contributed by atoms with Crippen molar-refractivity contribution in [2.24, 2.45) is 0 Å². The number of rotatable bonds is 7.